The third-order valence-corrected chi connectivity index (χ3v) is 8.18. The average Bonchev–Trinajstić information content (AvgIpc) is 2.89. The lowest BCUT2D eigenvalue weighted by molar-refractivity contribution is -0.248. The molecule has 0 amide bonds. The molecule has 1 fully saturated rings. The Morgan fingerprint density at radius 1 is 1.18 bits per heavy atom. The van der Waals surface area contributed by atoms with Crippen molar-refractivity contribution in [1.29, 1.82) is 0 Å². The number of methoxy groups -OCH3 is 1. The second kappa shape index (κ2) is 9.68. The Kier molecular flexibility index (Phi) is 6.76. The van der Waals surface area contributed by atoms with Gasteiger partial charge in [0, 0.05) is 35.6 Å². The van der Waals surface area contributed by atoms with Crippen LogP contribution in [0.5, 0.6) is 11.5 Å². The number of fused-ring (bicyclic) bond motifs is 3. The molecule has 11 heteroatoms. The summed E-state index contributed by atoms with van der Waals surface area (Å²) in [6.45, 7) is 3.31. The predicted molar refractivity (Wildman–Crippen MR) is 134 cm³/mol. The fourth-order valence-corrected chi connectivity index (χ4v) is 6.04. The molecular weight excluding hydrogens is 510 g/mol. The number of aromatic hydroxyl groups is 2. The lowest BCUT2D eigenvalue weighted by atomic mass is 9.67. The molecule has 5 rings (SSSR count). The van der Waals surface area contributed by atoms with Gasteiger partial charge in [-0.25, -0.2) is 0 Å². The molecule has 208 valence electrons. The fraction of sp³-hybridized carbons (Fsp3) is 0.464. The summed E-state index contributed by atoms with van der Waals surface area (Å²) in [5.41, 5.74) is 3.67. The molecule has 2 aromatic carbocycles. The van der Waals surface area contributed by atoms with Gasteiger partial charge in [-0.3, -0.25) is 14.4 Å². The Morgan fingerprint density at radius 3 is 2.54 bits per heavy atom. The van der Waals surface area contributed by atoms with Crippen LogP contribution in [0.15, 0.2) is 24.3 Å². The first-order chi connectivity index (χ1) is 18.4. The van der Waals surface area contributed by atoms with Gasteiger partial charge in [-0.2, -0.15) is 0 Å². The van der Waals surface area contributed by atoms with Crippen LogP contribution in [0, 0.1) is 0 Å². The minimum atomic E-state index is -1.70. The van der Waals surface area contributed by atoms with Crippen LogP contribution >= 0.6 is 0 Å². The van der Waals surface area contributed by atoms with E-state index in [4.69, 9.17) is 19.9 Å². The van der Waals surface area contributed by atoms with Gasteiger partial charge in [0.1, 0.15) is 17.4 Å². The van der Waals surface area contributed by atoms with E-state index in [9.17, 15) is 34.8 Å². The number of esters is 1. The topological polar surface area (TPSA) is 186 Å². The van der Waals surface area contributed by atoms with Crippen LogP contribution in [-0.4, -0.2) is 75.2 Å². The molecule has 0 saturated carbocycles. The van der Waals surface area contributed by atoms with Crippen molar-refractivity contribution >= 4 is 17.5 Å². The Morgan fingerprint density at radius 2 is 1.90 bits per heavy atom. The van der Waals surface area contributed by atoms with Gasteiger partial charge in [0.2, 0.25) is 5.78 Å². The molecular formula is C28H31NO10. The molecule has 0 spiro atoms. The Hall–Kier alpha value is -3.35. The molecule has 6 N–H and O–H groups in total. The number of aliphatic hydroxyl groups is 2. The van der Waals surface area contributed by atoms with E-state index in [0.717, 1.165) is 7.11 Å². The van der Waals surface area contributed by atoms with Gasteiger partial charge in [0.05, 0.1) is 42.1 Å². The van der Waals surface area contributed by atoms with Gasteiger partial charge in [-0.05, 0) is 31.0 Å². The SMILES string of the molecule is CC[C@@]1(O)CC(O[C@H]2C[C@H](N)[C@H](O)[C@H](C)O2)c2c(cc3c(c2O)C(=O)c2c(O)cccc2C3=O)[C@H]1C(=O)OC. The van der Waals surface area contributed by atoms with Crippen molar-refractivity contribution in [3.05, 3.63) is 57.6 Å². The molecule has 1 aliphatic heterocycles. The molecule has 1 heterocycles. The highest BCUT2D eigenvalue weighted by Gasteiger charge is 2.53. The Labute approximate surface area is 224 Å². The Bertz CT molecular complexity index is 1360. The summed E-state index contributed by atoms with van der Waals surface area (Å²) < 4.78 is 17.0. The average molecular weight is 542 g/mol. The van der Waals surface area contributed by atoms with E-state index in [2.05, 4.69) is 0 Å². The van der Waals surface area contributed by atoms with Gasteiger partial charge >= 0.3 is 5.97 Å². The zero-order chi connectivity index (χ0) is 28.4. The maximum absolute atomic E-state index is 13.5. The quantitative estimate of drug-likeness (QED) is 0.302. The summed E-state index contributed by atoms with van der Waals surface area (Å²) in [7, 11) is 1.16. The van der Waals surface area contributed by atoms with Crippen molar-refractivity contribution < 1.29 is 49.0 Å². The van der Waals surface area contributed by atoms with Crippen molar-refractivity contribution in [1.82, 2.24) is 0 Å². The maximum atomic E-state index is 13.5. The zero-order valence-corrected chi connectivity index (χ0v) is 21.7. The summed E-state index contributed by atoms with van der Waals surface area (Å²) in [6, 6.07) is 4.73. The molecule has 7 atom stereocenters. The summed E-state index contributed by atoms with van der Waals surface area (Å²) in [5, 5.41) is 43.8. The van der Waals surface area contributed by atoms with Crippen LogP contribution in [0.25, 0.3) is 0 Å². The van der Waals surface area contributed by atoms with Gasteiger partial charge < -0.3 is 40.4 Å². The van der Waals surface area contributed by atoms with Gasteiger partial charge in [0.15, 0.2) is 12.1 Å². The molecule has 1 saturated heterocycles. The second-order valence-corrected chi connectivity index (χ2v) is 10.4. The molecule has 11 nitrogen and oxygen atoms in total. The van der Waals surface area contributed by atoms with E-state index in [1.165, 1.54) is 24.3 Å². The number of ketones is 2. The number of rotatable bonds is 4. The first-order valence-electron chi connectivity index (χ1n) is 12.8. The summed E-state index contributed by atoms with van der Waals surface area (Å²) in [4.78, 5) is 40.0. The first-order valence-corrected chi connectivity index (χ1v) is 12.8. The smallest absolute Gasteiger partial charge is 0.316 e. The second-order valence-electron chi connectivity index (χ2n) is 10.4. The molecule has 0 bridgehead atoms. The van der Waals surface area contributed by atoms with Gasteiger partial charge in [0.25, 0.3) is 0 Å². The number of carbonyl (C=O) groups excluding carboxylic acids is 3. The van der Waals surface area contributed by atoms with Gasteiger partial charge in [-0.15, -0.1) is 0 Å². The lowest BCUT2D eigenvalue weighted by Crippen LogP contribution is -2.52. The molecule has 3 aliphatic rings. The highest BCUT2D eigenvalue weighted by atomic mass is 16.7. The number of benzene rings is 2. The van der Waals surface area contributed by atoms with E-state index in [0.29, 0.717) is 0 Å². The number of nitrogens with two attached hydrogens (primary N) is 1. The van der Waals surface area contributed by atoms with E-state index >= 15 is 0 Å². The van der Waals surface area contributed by atoms with Crippen LogP contribution < -0.4 is 5.73 Å². The number of aliphatic hydroxyl groups excluding tert-OH is 1. The van der Waals surface area contributed by atoms with Crippen molar-refractivity contribution in [2.24, 2.45) is 5.73 Å². The molecule has 0 radical (unpaired) electrons. The van der Waals surface area contributed by atoms with E-state index in [1.807, 2.05) is 0 Å². The first kappa shape index (κ1) is 27.2. The van der Waals surface area contributed by atoms with Crippen LogP contribution in [0.4, 0.5) is 0 Å². The number of hydrogen-bond donors (Lipinski definition) is 5. The minimum absolute atomic E-state index is 0.0262. The van der Waals surface area contributed by atoms with Crippen LogP contribution in [0.3, 0.4) is 0 Å². The lowest BCUT2D eigenvalue weighted by Gasteiger charge is -2.45. The normalized spacial score (nSPS) is 31.7. The summed E-state index contributed by atoms with van der Waals surface area (Å²) in [5.74, 6) is -4.51. The van der Waals surface area contributed by atoms with E-state index < -0.39 is 71.2 Å². The Balaban J connectivity index is 1.71. The largest absolute Gasteiger partial charge is 0.507 e. The van der Waals surface area contributed by atoms with Crippen molar-refractivity contribution in [3.8, 4) is 11.5 Å². The monoisotopic (exact) mass is 541 g/mol. The number of hydrogen-bond acceptors (Lipinski definition) is 11. The summed E-state index contributed by atoms with van der Waals surface area (Å²) >= 11 is 0. The third kappa shape index (κ3) is 4.12. The molecule has 2 aliphatic carbocycles. The number of phenols is 2. The molecule has 0 aromatic heterocycles. The van der Waals surface area contributed by atoms with Crippen molar-refractivity contribution in [3.63, 3.8) is 0 Å². The fourth-order valence-electron chi connectivity index (χ4n) is 6.04. The van der Waals surface area contributed by atoms with Gasteiger partial charge in [-0.1, -0.05) is 19.1 Å². The molecule has 2 aromatic rings. The maximum Gasteiger partial charge on any atom is 0.316 e. The predicted octanol–water partition coefficient (Wildman–Crippen LogP) is 1.56. The minimum Gasteiger partial charge on any atom is -0.507 e. The highest BCUT2D eigenvalue weighted by molar-refractivity contribution is 6.30. The van der Waals surface area contributed by atoms with Crippen LogP contribution in [0.1, 0.15) is 88.1 Å². The van der Waals surface area contributed by atoms with Crippen molar-refractivity contribution in [2.45, 2.75) is 75.3 Å². The van der Waals surface area contributed by atoms with E-state index in [1.54, 1.807) is 13.8 Å². The number of carbonyl (C=O) groups is 3. The van der Waals surface area contributed by atoms with Crippen LogP contribution in [-0.2, 0) is 19.0 Å². The highest BCUT2D eigenvalue weighted by Crippen LogP contribution is 2.53. The number of ether oxygens (including phenoxy) is 3. The molecule has 1 unspecified atom stereocenters. The number of phenolic OH excluding ortho intramolecular Hbond substituents is 2. The third-order valence-electron chi connectivity index (χ3n) is 8.18. The summed E-state index contributed by atoms with van der Waals surface area (Å²) in [6.07, 6.45) is -3.60. The standard InChI is InChI=1S/C28H31NO10/c1-4-28(36)10-17(39-18-9-15(29)23(31)11(2)38-18)20-13(22(28)27(35)37-3)8-14-21(26(20)34)25(33)19-12(24(14)32)6-5-7-16(19)30/h5-8,11,15,17-18,22-23,30-31,34,36H,4,9-10,29H2,1-3H3/t11-,15-,17?,18-,22-,23+,28+/m0/s1. The van der Waals surface area contributed by atoms with Crippen molar-refractivity contribution in [2.75, 3.05) is 7.11 Å². The van der Waals surface area contributed by atoms with E-state index in [-0.39, 0.29) is 52.6 Å². The molecule has 39 heavy (non-hydrogen) atoms. The zero-order valence-electron chi connectivity index (χ0n) is 21.7. The van der Waals surface area contributed by atoms with Crippen LogP contribution in [0.2, 0.25) is 0 Å².